The molecule has 0 spiro atoms. The molecule has 0 saturated heterocycles. The normalized spacial score (nSPS) is 11.2. The van der Waals surface area contributed by atoms with E-state index in [9.17, 15) is 0 Å². The van der Waals surface area contributed by atoms with E-state index in [2.05, 4.69) is 37.0 Å². The Morgan fingerprint density at radius 2 is 1.90 bits per heavy atom. The Morgan fingerprint density at radius 1 is 1.10 bits per heavy atom. The van der Waals surface area contributed by atoms with Crippen molar-refractivity contribution in [3.8, 4) is 11.3 Å². The molecule has 0 fully saturated rings. The van der Waals surface area contributed by atoms with Gasteiger partial charge in [-0.1, -0.05) is 23.8 Å². The van der Waals surface area contributed by atoms with Crippen molar-refractivity contribution < 1.29 is 0 Å². The predicted molar refractivity (Wildman–Crippen MR) is 80.5 cm³/mol. The molecule has 4 heteroatoms. The van der Waals surface area contributed by atoms with Gasteiger partial charge in [-0.05, 0) is 38.5 Å². The minimum atomic E-state index is 0.441. The summed E-state index contributed by atoms with van der Waals surface area (Å²) in [7, 11) is 0. The van der Waals surface area contributed by atoms with E-state index in [-0.39, 0.29) is 0 Å². The van der Waals surface area contributed by atoms with Crippen LogP contribution >= 0.6 is 0 Å². The third-order valence-electron chi connectivity index (χ3n) is 3.62. The van der Waals surface area contributed by atoms with E-state index < -0.39 is 0 Å². The Bertz CT molecular complexity index is 787. The van der Waals surface area contributed by atoms with Gasteiger partial charge in [-0.15, -0.1) is 0 Å². The highest BCUT2D eigenvalue weighted by atomic mass is 15.3. The van der Waals surface area contributed by atoms with Crippen LogP contribution in [0.1, 0.15) is 22.5 Å². The standard InChI is InChI=1S/C16H18N4/c1-10-4-5-13(11(2)8-10)14-6-7-16-18-12(3)15(9-17)20(16)19-14/h4-8H,9,17H2,1-3H3. The van der Waals surface area contributed by atoms with E-state index >= 15 is 0 Å². The highest BCUT2D eigenvalue weighted by Crippen LogP contribution is 2.23. The van der Waals surface area contributed by atoms with Crippen molar-refractivity contribution in [2.75, 3.05) is 0 Å². The molecule has 102 valence electrons. The van der Waals surface area contributed by atoms with E-state index in [1.165, 1.54) is 11.1 Å². The number of aryl methyl sites for hydroxylation is 3. The molecule has 0 aliphatic carbocycles. The first-order chi connectivity index (χ1) is 9.60. The highest BCUT2D eigenvalue weighted by Gasteiger charge is 2.10. The highest BCUT2D eigenvalue weighted by molar-refractivity contribution is 5.65. The van der Waals surface area contributed by atoms with Crippen LogP contribution in [0.2, 0.25) is 0 Å². The number of aromatic nitrogens is 3. The predicted octanol–water partition coefficient (Wildman–Crippen LogP) is 2.78. The molecule has 0 amide bonds. The molecule has 4 nitrogen and oxygen atoms in total. The fraction of sp³-hybridized carbons (Fsp3) is 0.250. The van der Waals surface area contributed by atoms with Crippen LogP contribution in [0.15, 0.2) is 30.3 Å². The molecule has 0 aliphatic heterocycles. The lowest BCUT2D eigenvalue weighted by molar-refractivity contribution is 0.842. The van der Waals surface area contributed by atoms with Crippen LogP contribution in [0, 0.1) is 20.8 Å². The van der Waals surface area contributed by atoms with Gasteiger partial charge in [0.2, 0.25) is 0 Å². The lowest BCUT2D eigenvalue weighted by Gasteiger charge is -2.07. The van der Waals surface area contributed by atoms with Crippen molar-refractivity contribution in [3.05, 3.63) is 52.8 Å². The first kappa shape index (κ1) is 12.8. The Balaban J connectivity index is 2.22. The van der Waals surface area contributed by atoms with Crippen molar-refractivity contribution in [1.82, 2.24) is 14.6 Å². The lowest BCUT2D eigenvalue weighted by atomic mass is 10.0. The van der Waals surface area contributed by atoms with Crippen LogP contribution in [0.4, 0.5) is 0 Å². The molecule has 0 radical (unpaired) electrons. The zero-order chi connectivity index (χ0) is 14.3. The van der Waals surface area contributed by atoms with Gasteiger partial charge in [-0.3, -0.25) is 0 Å². The van der Waals surface area contributed by atoms with Gasteiger partial charge in [0.25, 0.3) is 0 Å². The molecule has 20 heavy (non-hydrogen) atoms. The minimum Gasteiger partial charge on any atom is -0.325 e. The summed E-state index contributed by atoms with van der Waals surface area (Å²) < 4.78 is 1.85. The molecule has 3 rings (SSSR count). The van der Waals surface area contributed by atoms with Gasteiger partial charge in [-0.25, -0.2) is 9.50 Å². The van der Waals surface area contributed by atoms with Crippen LogP contribution in [0.3, 0.4) is 0 Å². The summed E-state index contributed by atoms with van der Waals surface area (Å²) in [6.45, 7) is 6.61. The number of hydrogen-bond donors (Lipinski definition) is 1. The zero-order valence-corrected chi connectivity index (χ0v) is 12.0. The molecule has 0 atom stereocenters. The second-order valence-electron chi connectivity index (χ2n) is 5.15. The van der Waals surface area contributed by atoms with Crippen LogP contribution < -0.4 is 5.73 Å². The number of nitrogens with two attached hydrogens (primary N) is 1. The maximum atomic E-state index is 5.80. The maximum Gasteiger partial charge on any atom is 0.154 e. The molecule has 2 N–H and O–H groups in total. The summed E-state index contributed by atoms with van der Waals surface area (Å²) in [5, 5.41) is 4.70. The molecular formula is C16H18N4. The topological polar surface area (TPSA) is 56.2 Å². The Labute approximate surface area is 118 Å². The monoisotopic (exact) mass is 266 g/mol. The number of hydrogen-bond acceptors (Lipinski definition) is 3. The van der Waals surface area contributed by atoms with Crippen molar-refractivity contribution >= 4 is 5.65 Å². The van der Waals surface area contributed by atoms with Gasteiger partial charge in [0.05, 0.1) is 17.1 Å². The lowest BCUT2D eigenvalue weighted by Crippen LogP contribution is -2.05. The fourth-order valence-electron chi connectivity index (χ4n) is 2.57. The van der Waals surface area contributed by atoms with Crippen molar-refractivity contribution in [2.45, 2.75) is 27.3 Å². The summed E-state index contributed by atoms with van der Waals surface area (Å²) in [6, 6.07) is 10.4. The molecular weight excluding hydrogens is 248 g/mol. The maximum absolute atomic E-state index is 5.80. The van der Waals surface area contributed by atoms with E-state index in [1.807, 2.05) is 23.6 Å². The molecule has 1 aromatic carbocycles. The van der Waals surface area contributed by atoms with Gasteiger partial charge in [0.1, 0.15) is 0 Å². The van der Waals surface area contributed by atoms with E-state index in [0.717, 1.165) is 28.3 Å². The average molecular weight is 266 g/mol. The van der Waals surface area contributed by atoms with Crippen molar-refractivity contribution in [3.63, 3.8) is 0 Å². The van der Waals surface area contributed by atoms with E-state index in [4.69, 9.17) is 10.8 Å². The van der Waals surface area contributed by atoms with Gasteiger partial charge >= 0.3 is 0 Å². The number of fused-ring (bicyclic) bond motifs is 1. The van der Waals surface area contributed by atoms with Gasteiger partial charge in [-0.2, -0.15) is 5.10 Å². The summed E-state index contributed by atoms with van der Waals surface area (Å²) in [5.74, 6) is 0. The summed E-state index contributed by atoms with van der Waals surface area (Å²) in [5.41, 5.74) is 13.1. The third kappa shape index (κ3) is 1.98. The van der Waals surface area contributed by atoms with Crippen LogP contribution in [0.5, 0.6) is 0 Å². The zero-order valence-electron chi connectivity index (χ0n) is 12.0. The van der Waals surface area contributed by atoms with Gasteiger partial charge in [0.15, 0.2) is 5.65 Å². The Hall–Kier alpha value is -2.20. The number of imidazole rings is 1. The molecule has 0 aliphatic rings. The first-order valence-electron chi connectivity index (χ1n) is 6.73. The van der Waals surface area contributed by atoms with Crippen molar-refractivity contribution in [2.24, 2.45) is 5.73 Å². The summed E-state index contributed by atoms with van der Waals surface area (Å²) in [6.07, 6.45) is 0. The third-order valence-corrected chi connectivity index (χ3v) is 3.62. The largest absolute Gasteiger partial charge is 0.325 e. The quantitative estimate of drug-likeness (QED) is 0.776. The summed E-state index contributed by atoms with van der Waals surface area (Å²) in [4.78, 5) is 4.48. The first-order valence-corrected chi connectivity index (χ1v) is 6.73. The van der Waals surface area contributed by atoms with Crippen LogP contribution in [-0.4, -0.2) is 14.6 Å². The molecule has 2 heterocycles. The average Bonchev–Trinajstić information content (AvgIpc) is 2.73. The van der Waals surface area contributed by atoms with Crippen LogP contribution in [-0.2, 0) is 6.54 Å². The Morgan fingerprint density at radius 3 is 2.60 bits per heavy atom. The molecule has 0 bridgehead atoms. The second-order valence-corrected chi connectivity index (χ2v) is 5.15. The Kier molecular flexibility index (Phi) is 3.03. The second kappa shape index (κ2) is 4.72. The number of benzene rings is 1. The molecule has 2 aromatic heterocycles. The SMILES string of the molecule is Cc1ccc(-c2ccc3nc(C)c(CN)n3n2)c(C)c1. The van der Waals surface area contributed by atoms with Crippen molar-refractivity contribution in [1.29, 1.82) is 0 Å². The van der Waals surface area contributed by atoms with E-state index in [1.54, 1.807) is 0 Å². The smallest absolute Gasteiger partial charge is 0.154 e. The molecule has 0 unspecified atom stereocenters. The molecule has 3 aromatic rings. The number of rotatable bonds is 2. The van der Waals surface area contributed by atoms with Gasteiger partial charge < -0.3 is 5.73 Å². The summed E-state index contributed by atoms with van der Waals surface area (Å²) >= 11 is 0. The minimum absolute atomic E-state index is 0.441. The van der Waals surface area contributed by atoms with Gasteiger partial charge in [0, 0.05) is 12.1 Å². The van der Waals surface area contributed by atoms with Crippen LogP contribution in [0.25, 0.3) is 16.9 Å². The van der Waals surface area contributed by atoms with E-state index in [0.29, 0.717) is 6.54 Å². The number of nitrogens with zero attached hydrogens (tertiary/aromatic N) is 3. The fourth-order valence-corrected chi connectivity index (χ4v) is 2.57. The molecule has 0 saturated carbocycles.